The third-order valence-corrected chi connectivity index (χ3v) is 3.24. The fourth-order valence-electron chi connectivity index (χ4n) is 2.39. The predicted molar refractivity (Wildman–Crippen MR) is 68.1 cm³/mol. The Bertz CT molecular complexity index is 321. The molecule has 0 saturated carbocycles. The first-order chi connectivity index (χ1) is 8.69. The molecule has 6 nitrogen and oxygen atoms in total. The summed E-state index contributed by atoms with van der Waals surface area (Å²) in [7, 11) is 0. The van der Waals surface area contributed by atoms with Crippen LogP contribution in [0.3, 0.4) is 0 Å². The molecule has 1 heterocycles. The molecule has 2 aliphatic rings. The van der Waals surface area contributed by atoms with Crippen LogP contribution in [-0.4, -0.2) is 31.1 Å². The van der Waals surface area contributed by atoms with Gasteiger partial charge in [-0.2, -0.15) is 0 Å². The molecule has 0 bridgehead atoms. The second-order valence-electron chi connectivity index (χ2n) is 4.69. The molecule has 0 aromatic carbocycles. The van der Waals surface area contributed by atoms with Crippen LogP contribution in [0.2, 0.25) is 0 Å². The van der Waals surface area contributed by atoms with E-state index in [1.54, 1.807) is 0 Å². The molecule has 2 rings (SSSR count). The number of carbonyl (C=O) groups is 1. The molecule has 0 aromatic rings. The van der Waals surface area contributed by atoms with E-state index in [4.69, 9.17) is 4.74 Å². The predicted octanol–water partition coefficient (Wildman–Crippen LogP) is -0.199. The van der Waals surface area contributed by atoms with Crippen LogP contribution in [0.4, 0.5) is 0 Å². The number of hydrogen-bond acceptors (Lipinski definition) is 5. The maximum Gasteiger partial charge on any atom is 0.219 e. The molecule has 1 aliphatic carbocycles. The van der Waals surface area contributed by atoms with Gasteiger partial charge in [0, 0.05) is 19.4 Å². The van der Waals surface area contributed by atoms with Crippen LogP contribution in [0.25, 0.3) is 0 Å². The Morgan fingerprint density at radius 1 is 1.39 bits per heavy atom. The van der Waals surface area contributed by atoms with Crippen molar-refractivity contribution < 1.29 is 9.53 Å². The Labute approximate surface area is 107 Å². The zero-order chi connectivity index (χ0) is 13.0. The third kappa shape index (κ3) is 3.52. The summed E-state index contributed by atoms with van der Waals surface area (Å²) in [6, 6.07) is 0. The van der Waals surface area contributed by atoms with Gasteiger partial charge >= 0.3 is 0 Å². The smallest absolute Gasteiger partial charge is 0.219 e. The molecule has 1 aliphatic heterocycles. The van der Waals surface area contributed by atoms with E-state index in [-0.39, 0.29) is 24.5 Å². The van der Waals surface area contributed by atoms with Crippen molar-refractivity contribution in [1.82, 2.24) is 21.5 Å². The van der Waals surface area contributed by atoms with Gasteiger partial charge in [0.2, 0.25) is 5.91 Å². The van der Waals surface area contributed by atoms with E-state index < -0.39 is 0 Å². The molecule has 4 atom stereocenters. The average Bonchev–Trinajstić information content (AvgIpc) is 2.78. The Kier molecular flexibility index (Phi) is 4.71. The fourth-order valence-corrected chi connectivity index (χ4v) is 2.39. The molecule has 1 fully saturated rings. The fraction of sp³-hybridized carbons (Fsp3) is 0.750. The molecular weight excluding hydrogens is 232 g/mol. The summed E-state index contributed by atoms with van der Waals surface area (Å²) < 4.78 is 5.57. The van der Waals surface area contributed by atoms with Gasteiger partial charge in [0.25, 0.3) is 0 Å². The molecule has 18 heavy (non-hydrogen) atoms. The second kappa shape index (κ2) is 6.29. The molecule has 0 radical (unpaired) electrons. The van der Waals surface area contributed by atoms with Crippen LogP contribution in [-0.2, 0) is 9.53 Å². The largest absolute Gasteiger partial charge is 0.374 e. The highest BCUT2D eigenvalue weighted by molar-refractivity contribution is 5.73. The standard InChI is InChI=1S/C12H22N4O2/c1-3-18-10-6-4-9(5-7-10)11-14-12(16-15-11)13-8(2)17/h4,6,9-12,14-16H,3,5,7H2,1-2H3,(H,13,17). The van der Waals surface area contributed by atoms with Gasteiger partial charge in [-0.1, -0.05) is 12.2 Å². The Balaban J connectivity index is 1.80. The summed E-state index contributed by atoms with van der Waals surface area (Å²) in [5.74, 6) is 0.353. The lowest BCUT2D eigenvalue weighted by Crippen LogP contribution is -2.49. The van der Waals surface area contributed by atoms with Crippen molar-refractivity contribution in [1.29, 1.82) is 0 Å². The topological polar surface area (TPSA) is 74.4 Å². The van der Waals surface area contributed by atoms with E-state index in [1.165, 1.54) is 6.92 Å². The Hall–Kier alpha value is -0.950. The summed E-state index contributed by atoms with van der Waals surface area (Å²) >= 11 is 0. The summed E-state index contributed by atoms with van der Waals surface area (Å²) in [5, 5.41) is 6.06. The molecule has 0 aromatic heterocycles. The maximum atomic E-state index is 10.9. The van der Waals surface area contributed by atoms with Gasteiger partial charge in [-0.05, 0) is 19.8 Å². The normalized spacial score (nSPS) is 35.7. The summed E-state index contributed by atoms with van der Waals surface area (Å²) in [6.07, 6.45) is 6.62. The Morgan fingerprint density at radius 3 is 2.83 bits per heavy atom. The van der Waals surface area contributed by atoms with Crippen molar-refractivity contribution in [2.45, 2.75) is 45.2 Å². The quantitative estimate of drug-likeness (QED) is 0.523. The number of hydrogen-bond donors (Lipinski definition) is 4. The second-order valence-corrected chi connectivity index (χ2v) is 4.69. The lowest BCUT2D eigenvalue weighted by Gasteiger charge is -2.26. The van der Waals surface area contributed by atoms with Crippen LogP contribution in [0, 0.1) is 5.92 Å². The number of rotatable bonds is 4. The monoisotopic (exact) mass is 254 g/mol. The molecule has 4 N–H and O–H groups in total. The van der Waals surface area contributed by atoms with Gasteiger partial charge in [0.05, 0.1) is 12.3 Å². The van der Waals surface area contributed by atoms with Crippen LogP contribution >= 0.6 is 0 Å². The minimum atomic E-state index is -0.203. The highest BCUT2D eigenvalue weighted by atomic mass is 16.5. The maximum absolute atomic E-state index is 10.9. The summed E-state index contributed by atoms with van der Waals surface area (Å²) in [5.41, 5.74) is 6.17. The SMILES string of the molecule is CCOC1C=CC(C2NNC(NC(C)=O)N2)CC1. The van der Waals surface area contributed by atoms with Gasteiger partial charge in [-0.15, -0.1) is 0 Å². The number of ether oxygens (including phenoxy) is 1. The van der Waals surface area contributed by atoms with E-state index in [1.807, 2.05) is 6.92 Å². The molecule has 4 unspecified atom stereocenters. The van der Waals surface area contributed by atoms with Gasteiger partial charge in [-0.3, -0.25) is 10.1 Å². The number of nitrogens with one attached hydrogen (secondary N) is 4. The van der Waals surface area contributed by atoms with Crippen molar-refractivity contribution in [3.05, 3.63) is 12.2 Å². The van der Waals surface area contributed by atoms with Gasteiger partial charge < -0.3 is 10.1 Å². The third-order valence-electron chi connectivity index (χ3n) is 3.24. The van der Waals surface area contributed by atoms with Crippen LogP contribution in [0.5, 0.6) is 0 Å². The number of amides is 1. The average molecular weight is 254 g/mol. The zero-order valence-electron chi connectivity index (χ0n) is 10.9. The summed E-state index contributed by atoms with van der Waals surface area (Å²) in [6.45, 7) is 4.28. The number of carbonyl (C=O) groups excluding carboxylic acids is 1. The van der Waals surface area contributed by atoms with Gasteiger partial charge in [0.15, 0.2) is 0 Å². The lowest BCUT2D eigenvalue weighted by molar-refractivity contribution is -0.119. The first kappa shape index (κ1) is 13.5. The van der Waals surface area contributed by atoms with E-state index in [0.29, 0.717) is 5.92 Å². The van der Waals surface area contributed by atoms with E-state index in [0.717, 1.165) is 19.4 Å². The van der Waals surface area contributed by atoms with Crippen molar-refractivity contribution in [2.24, 2.45) is 5.92 Å². The molecule has 102 valence electrons. The molecule has 0 spiro atoms. The zero-order valence-corrected chi connectivity index (χ0v) is 10.9. The minimum absolute atomic E-state index is 0.0574. The summed E-state index contributed by atoms with van der Waals surface area (Å²) in [4.78, 5) is 10.9. The van der Waals surface area contributed by atoms with E-state index in [9.17, 15) is 4.79 Å². The van der Waals surface area contributed by atoms with Crippen LogP contribution in [0.15, 0.2) is 12.2 Å². The highest BCUT2D eigenvalue weighted by Crippen LogP contribution is 2.22. The lowest BCUT2D eigenvalue weighted by atomic mass is 9.92. The Morgan fingerprint density at radius 2 is 2.22 bits per heavy atom. The van der Waals surface area contributed by atoms with Crippen LogP contribution in [0.1, 0.15) is 26.7 Å². The highest BCUT2D eigenvalue weighted by Gasteiger charge is 2.30. The van der Waals surface area contributed by atoms with Crippen molar-refractivity contribution in [3.63, 3.8) is 0 Å². The first-order valence-corrected chi connectivity index (χ1v) is 6.53. The first-order valence-electron chi connectivity index (χ1n) is 6.53. The van der Waals surface area contributed by atoms with Crippen molar-refractivity contribution in [2.75, 3.05) is 6.61 Å². The van der Waals surface area contributed by atoms with E-state index in [2.05, 4.69) is 33.6 Å². The van der Waals surface area contributed by atoms with Crippen LogP contribution < -0.4 is 21.5 Å². The minimum Gasteiger partial charge on any atom is -0.374 e. The van der Waals surface area contributed by atoms with Gasteiger partial charge in [0.1, 0.15) is 6.29 Å². The van der Waals surface area contributed by atoms with Crippen molar-refractivity contribution >= 4 is 5.91 Å². The molecule has 1 saturated heterocycles. The van der Waals surface area contributed by atoms with Crippen molar-refractivity contribution in [3.8, 4) is 0 Å². The number of hydrazine groups is 1. The molecule has 1 amide bonds. The molecule has 6 heteroatoms. The van der Waals surface area contributed by atoms with Gasteiger partial charge in [-0.25, -0.2) is 10.9 Å². The molecular formula is C12H22N4O2. The van der Waals surface area contributed by atoms with E-state index >= 15 is 0 Å².